The Hall–Kier alpha value is -2.86. The summed E-state index contributed by atoms with van der Waals surface area (Å²) in [4.78, 5) is 24.6. The van der Waals surface area contributed by atoms with Crippen LogP contribution in [0.4, 0.5) is 4.79 Å². The summed E-state index contributed by atoms with van der Waals surface area (Å²) in [7, 11) is 0. The van der Waals surface area contributed by atoms with E-state index in [0.29, 0.717) is 19.6 Å². The molecule has 26 heavy (non-hydrogen) atoms. The molecule has 2 aromatic carbocycles. The van der Waals surface area contributed by atoms with Crippen LogP contribution < -0.4 is 10.6 Å². The molecule has 3 rings (SSSR count). The molecule has 1 aliphatic heterocycles. The third-order valence-electron chi connectivity index (χ3n) is 4.01. The minimum absolute atomic E-state index is 0.0846. The van der Waals surface area contributed by atoms with Crippen molar-refractivity contribution in [1.82, 2.24) is 10.6 Å². The minimum Gasteiger partial charge on any atom is -0.445 e. The van der Waals surface area contributed by atoms with Gasteiger partial charge in [-0.2, -0.15) is 0 Å². The number of benzene rings is 2. The van der Waals surface area contributed by atoms with Gasteiger partial charge < -0.3 is 20.1 Å². The Kier molecular flexibility index (Phi) is 6.22. The zero-order valence-corrected chi connectivity index (χ0v) is 14.4. The Labute approximate surface area is 152 Å². The summed E-state index contributed by atoms with van der Waals surface area (Å²) in [6, 6.07) is 18.2. The van der Waals surface area contributed by atoms with Gasteiger partial charge in [0.1, 0.15) is 12.6 Å². The molecular weight excluding hydrogens is 332 g/mol. The van der Waals surface area contributed by atoms with E-state index in [1.54, 1.807) is 0 Å². The first-order chi connectivity index (χ1) is 12.7. The van der Waals surface area contributed by atoms with E-state index < -0.39 is 12.1 Å². The molecule has 0 aliphatic carbocycles. The van der Waals surface area contributed by atoms with Crippen molar-refractivity contribution >= 4 is 12.0 Å². The molecule has 6 heteroatoms. The third-order valence-corrected chi connectivity index (χ3v) is 4.01. The Balaban J connectivity index is 1.56. The maximum atomic E-state index is 12.5. The number of carbonyl (C=O) groups is 2. The normalized spacial score (nSPS) is 16.4. The van der Waals surface area contributed by atoms with Crippen LogP contribution in [0.5, 0.6) is 0 Å². The van der Waals surface area contributed by atoms with Gasteiger partial charge in [-0.15, -0.1) is 0 Å². The van der Waals surface area contributed by atoms with Crippen LogP contribution in [-0.2, 0) is 27.3 Å². The van der Waals surface area contributed by atoms with Gasteiger partial charge in [0.05, 0.1) is 12.7 Å². The second-order valence-corrected chi connectivity index (χ2v) is 6.15. The molecule has 2 aromatic rings. The Bertz CT molecular complexity index is 717. The van der Waals surface area contributed by atoms with Crippen LogP contribution in [0, 0.1) is 0 Å². The quantitative estimate of drug-likeness (QED) is 0.711. The maximum Gasteiger partial charge on any atom is 0.408 e. The SMILES string of the molecule is O=C(N[C@@H](Cc1ccccc1)C(=O)NCC1CO1)OCc1ccccc1. The molecule has 0 aromatic heterocycles. The van der Waals surface area contributed by atoms with Gasteiger partial charge >= 0.3 is 6.09 Å². The molecular formula is C20H22N2O4. The Morgan fingerprint density at radius 3 is 2.27 bits per heavy atom. The van der Waals surface area contributed by atoms with Crippen LogP contribution >= 0.6 is 0 Å². The Morgan fingerprint density at radius 1 is 1.04 bits per heavy atom. The van der Waals surface area contributed by atoms with Crippen LogP contribution in [0.2, 0.25) is 0 Å². The fourth-order valence-electron chi connectivity index (χ4n) is 2.49. The molecule has 6 nitrogen and oxygen atoms in total. The first-order valence-electron chi connectivity index (χ1n) is 8.61. The minimum atomic E-state index is -0.709. The number of carbonyl (C=O) groups excluding carboxylic acids is 2. The summed E-state index contributed by atoms with van der Waals surface area (Å²) in [5.41, 5.74) is 1.84. The van der Waals surface area contributed by atoms with Crippen molar-refractivity contribution in [2.45, 2.75) is 25.2 Å². The van der Waals surface area contributed by atoms with Crippen LogP contribution in [0.3, 0.4) is 0 Å². The van der Waals surface area contributed by atoms with E-state index in [0.717, 1.165) is 11.1 Å². The van der Waals surface area contributed by atoms with Crippen molar-refractivity contribution in [2.75, 3.05) is 13.2 Å². The number of alkyl carbamates (subject to hydrolysis) is 1. The largest absolute Gasteiger partial charge is 0.445 e. The highest BCUT2D eigenvalue weighted by Crippen LogP contribution is 2.08. The van der Waals surface area contributed by atoms with Crippen LogP contribution in [0.15, 0.2) is 60.7 Å². The Morgan fingerprint density at radius 2 is 1.65 bits per heavy atom. The lowest BCUT2D eigenvalue weighted by Crippen LogP contribution is -2.48. The van der Waals surface area contributed by atoms with Crippen molar-refractivity contribution in [2.24, 2.45) is 0 Å². The van der Waals surface area contributed by atoms with Crippen LogP contribution in [0.1, 0.15) is 11.1 Å². The van der Waals surface area contributed by atoms with E-state index in [1.807, 2.05) is 60.7 Å². The van der Waals surface area contributed by atoms with Gasteiger partial charge in [-0.25, -0.2) is 4.79 Å². The number of nitrogens with one attached hydrogen (secondary N) is 2. The van der Waals surface area contributed by atoms with E-state index in [9.17, 15) is 9.59 Å². The first kappa shape index (κ1) is 17.9. The average Bonchev–Trinajstić information content (AvgIpc) is 3.50. The highest BCUT2D eigenvalue weighted by molar-refractivity contribution is 5.86. The summed E-state index contributed by atoms with van der Waals surface area (Å²) in [5.74, 6) is -0.249. The van der Waals surface area contributed by atoms with Gasteiger partial charge in [0.25, 0.3) is 0 Å². The van der Waals surface area contributed by atoms with Gasteiger partial charge in [-0.1, -0.05) is 60.7 Å². The fourth-order valence-corrected chi connectivity index (χ4v) is 2.49. The van der Waals surface area contributed by atoms with E-state index in [-0.39, 0.29) is 18.6 Å². The molecule has 1 heterocycles. The van der Waals surface area contributed by atoms with Crippen molar-refractivity contribution in [3.63, 3.8) is 0 Å². The standard InChI is InChI=1S/C20H22N2O4/c23-19(21-12-17-14-25-17)18(11-15-7-3-1-4-8-15)22-20(24)26-13-16-9-5-2-6-10-16/h1-10,17-18H,11-14H2,(H,21,23)(H,22,24)/t17?,18-/m0/s1. The van der Waals surface area contributed by atoms with Crippen molar-refractivity contribution in [3.8, 4) is 0 Å². The van der Waals surface area contributed by atoms with E-state index >= 15 is 0 Å². The molecule has 1 saturated heterocycles. The summed E-state index contributed by atoms with van der Waals surface area (Å²) >= 11 is 0. The smallest absolute Gasteiger partial charge is 0.408 e. The van der Waals surface area contributed by atoms with Gasteiger partial charge in [0, 0.05) is 13.0 Å². The van der Waals surface area contributed by atoms with E-state index in [2.05, 4.69) is 10.6 Å². The van der Waals surface area contributed by atoms with E-state index in [1.165, 1.54) is 0 Å². The van der Waals surface area contributed by atoms with Gasteiger partial charge in [-0.05, 0) is 11.1 Å². The number of epoxide rings is 1. The summed E-state index contributed by atoms with van der Waals surface area (Å²) in [5, 5.41) is 5.48. The summed E-state index contributed by atoms with van der Waals surface area (Å²) in [6.07, 6.45) is -0.146. The molecule has 0 radical (unpaired) electrons. The topological polar surface area (TPSA) is 80.0 Å². The molecule has 1 aliphatic rings. The van der Waals surface area contributed by atoms with Crippen molar-refractivity contribution < 1.29 is 19.1 Å². The fraction of sp³-hybridized carbons (Fsp3) is 0.300. The molecule has 2 N–H and O–H groups in total. The lowest BCUT2D eigenvalue weighted by molar-refractivity contribution is -0.123. The summed E-state index contributed by atoms with van der Waals surface area (Å²) in [6.45, 7) is 1.27. The number of hydrogen-bond acceptors (Lipinski definition) is 4. The predicted molar refractivity (Wildman–Crippen MR) is 96.4 cm³/mol. The van der Waals surface area contributed by atoms with Gasteiger partial charge in [-0.3, -0.25) is 4.79 Å². The maximum absolute atomic E-state index is 12.5. The lowest BCUT2D eigenvalue weighted by atomic mass is 10.1. The summed E-state index contributed by atoms with van der Waals surface area (Å²) < 4.78 is 10.3. The highest BCUT2D eigenvalue weighted by Gasteiger charge is 2.26. The zero-order valence-electron chi connectivity index (χ0n) is 14.4. The molecule has 1 fully saturated rings. The monoisotopic (exact) mass is 354 g/mol. The van der Waals surface area contributed by atoms with Crippen LogP contribution in [0.25, 0.3) is 0 Å². The van der Waals surface area contributed by atoms with Crippen molar-refractivity contribution in [3.05, 3.63) is 71.8 Å². The molecule has 1 unspecified atom stereocenters. The zero-order chi connectivity index (χ0) is 18.2. The van der Waals surface area contributed by atoms with E-state index in [4.69, 9.17) is 9.47 Å². The molecule has 2 atom stereocenters. The first-order valence-corrected chi connectivity index (χ1v) is 8.61. The molecule has 2 amide bonds. The number of hydrogen-bond donors (Lipinski definition) is 2. The lowest BCUT2D eigenvalue weighted by Gasteiger charge is -2.18. The van der Waals surface area contributed by atoms with Crippen molar-refractivity contribution in [1.29, 1.82) is 0 Å². The molecule has 0 bridgehead atoms. The highest BCUT2D eigenvalue weighted by atomic mass is 16.6. The van der Waals surface area contributed by atoms with Gasteiger partial charge in [0.2, 0.25) is 5.91 Å². The van der Waals surface area contributed by atoms with Crippen LogP contribution in [-0.4, -0.2) is 37.3 Å². The number of rotatable bonds is 8. The number of amides is 2. The third kappa shape index (κ3) is 5.89. The number of ether oxygens (including phenoxy) is 2. The average molecular weight is 354 g/mol. The van der Waals surface area contributed by atoms with Gasteiger partial charge in [0.15, 0.2) is 0 Å². The predicted octanol–water partition coefficient (Wildman–Crippen LogP) is 2.04. The molecule has 0 spiro atoms. The molecule has 136 valence electrons. The second kappa shape index (κ2) is 9.01. The second-order valence-electron chi connectivity index (χ2n) is 6.15. The molecule has 0 saturated carbocycles.